The van der Waals surface area contributed by atoms with E-state index >= 15 is 0 Å². The van der Waals surface area contributed by atoms with Gasteiger partial charge < -0.3 is 19.5 Å². The van der Waals surface area contributed by atoms with E-state index in [2.05, 4.69) is 10.1 Å². The maximum Gasteiger partial charge on any atom is 0.344 e. The van der Waals surface area contributed by atoms with Crippen LogP contribution in [-0.4, -0.2) is 38.2 Å². The fourth-order valence-corrected chi connectivity index (χ4v) is 1.95. The molecular formula is C18H16FNO6. The lowest BCUT2D eigenvalue weighted by Gasteiger charge is -2.10. The Hall–Kier alpha value is -3.42. The van der Waals surface area contributed by atoms with E-state index in [4.69, 9.17) is 9.47 Å². The minimum Gasteiger partial charge on any atom is -0.482 e. The standard InChI is InChI=1S/C18H16FNO6/c1-24-18(23)14-7-2-3-8-15(14)20-16(21)10-26-17(22)11-25-13-6-4-5-12(19)9-13/h2-9H,10-11H2,1H3,(H,20,21). The van der Waals surface area contributed by atoms with Crippen molar-refractivity contribution in [1.82, 2.24) is 0 Å². The van der Waals surface area contributed by atoms with Gasteiger partial charge in [-0.2, -0.15) is 0 Å². The van der Waals surface area contributed by atoms with Crippen molar-refractivity contribution in [1.29, 1.82) is 0 Å². The van der Waals surface area contributed by atoms with Gasteiger partial charge in [0.05, 0.1) is 18.4 Å². The molecule has 0 unspecified atom stereocenters. The van der Waals surface area contributed by atoms with Crippen LogP contribution in [0.15, 0.2) is 48.5 Å². The maximum absolute atomic E-state index is 13.0. The Morgan fingerprint density at radius 2 is 1.81 bits per heavy atom. The quantitative estimate of drug-likeness (QED) is 0.760. The van der Waals surface area contributed by atoms with Crippen LogP contribution in [0.25, 0.3) is 0 Å². The normalized spacial score (nSPS) is 9.92. The van der Waals surface area contributed by atoms with E-state index in [1.165, 1.54) is 37.4 Å². The van der Waals surface area contributed by atoms with E-state index < -0.39 is 36.9 Å². The number of methoxy groups -OCH3 is 1. The average Bonchev–Trinajstić information content (AvgIpc) is 2.64. The number of carbonyl (C=O) groups excluding carboxylic acids is 3. The third-order valence-corrected chi connectivity index (χ3v) is 3.12. The Kier molecular flexibility index (Phi) is 6.67. The van der Waals surface area contributed by atoms with Gasteiger partial charge in [0.25, 0.3) is 5.91 Å². The number of anilines is 1. The van der Waals surface area contributed by atoms with Crippen LogP contribution in [0.4, 0.5) is 10.1 Å². The molecule has 2 rings (SSSR count). The molecule has 0 heterocycles. The number of hydrogen-bond acceptors (Lipinski definition) is 6. The van der Waals surface area contributed by atoms with E-state index in [1.807, 2.05) is 0 Å². The van der Waals surface area contributed by atoms with E-state index in [0.29, 0.717) is 0 Å². The number of benzene rings is 2. The van der Waals surface area contributed by atoms with Crippen molar-refractivity contribution in [2.45, 2.75) is 0 Å². The highest BCUT2D eigenvalue weighted by Gasteiger charge is 2.14. The van der Waals surface area contributed by atoms with E-state index in [0.717, 1.165) is 6.07 Å². The smallest absolute Gasteiger partial charge is 0.344 e. The summed E-state index contributed by atoms with van der Waals surface area (Å²) in [7, 11) is 1.22. The van der Waals surface area contributed by atoms with Gasteiger partial charge in [-0.25, -0.2) is 14.0 Å². The number of halogens is 1. The van der Waals surface area contributed by atoms with Crippen LogP contribution in [0.3, 0.4) is 0 Å². The largest absolute Gasteiger partial charge is 0.482 e. The number of carbonyl (C=O) groups is 3. The number of esters is 2. The first kappa shape index (κ1) is 18.9. The number of hydrogen-bond donors (Lipinski definition) is 1. The lowest BCUT2D eigenvalue weighted by molar-refractivity contribution is -0.149. The van der Waals surface area contributed by atoms with Crippen LogP contribution < -0.4 is 10.1 Å². The predicted octanol–water partition coefficient (Wildman–Crippen LogP) is 2.17. The summed E-state index contributed by atoms with van der Waals surface area (Å²) in [5.41, 5.74) is 0.403. The summed E-state index contributed by atoms with van der Waals surface area (Å²) >= 11 is 0. The molecule has 0 atom stereocenters. The summed E-state index contributed by atoms with van der Waals surface area (Å²) in [6.45, 7) is -1.05. The number of ether oxygens (including phenoxy) is 3. The van der Waals surface area contributed by atoms with Gasteiger partial charge in [0.1, 0.15) is 11.6 Å². The third-order valence-electron chi connectivity index (χ3n) is 3.12. The van der Waals surface area contributed by atoms with Crippen molar-refractivity contribution >= 4 is 23.5 Å². The fourth-order valence-electron chi connectivity index (χ4n) is 1.95. The lowest BCUT2D eigenvalue weighted by atomic mass is 10.2. The molecular weight excluding hydrogens is 345 g/mol. The second-order valence-electron chi connectivity index (χ2n) is 4.99. The maximum atomic E-state index is 13.0. The third kappa shape index (κ3) is 5.59. The van der Waals surface area contributed by atoms with Crippen LogP contribution in [0, 0.1) is 5.82 Å². The molecule has 7 nitrogen and oxygen atoms in total. The Bertz CT molecular complexity index is 808. The van der Waals surface area contributed by atoms with Gasteiger partial charge in [-0.15, -0.1) is 0 Å². The van der Waals surface area contributed by atoms with Crippen LogP contribution in [0.2, 0.25) is 0 Å². The van der Waals surface area contributed by atoms with Crippen LogP contribution >= 0.6 is 0 Å². The van der Waals surface area contributed by atoms with Gasteiger partial charge in [0.15, 0.2) is 13.2 Å². The molecule has 0 saturated carbocycles. The second-order valence-corrected chi connectivity index (χ2v) is 4.99. The van der Waals surface area contributed by atoms with E-state index in [1.54, 1.807) is 12.1 Å². The number of amides is 1. The van der Waals surface area contributed by atoms with Gasteiger partial charge in [-0.3, -0.25) is 4.79 Å². The van der Waals surface area contributed by atoms with Crippen molar-refractivity contribution in [3.63, 3.8) is 0 Å². The highest BCUT2D eigenvalue weighted by atomic mass is 19.1. The molecule has 0 radical (unpaired) electrons. The number of nitrogens with one attached hydrogen (secondary N) is 1. The molecule has 2 aromatic carbocycles. The molecule has 8 heteroatoms. The summed E-state index contributed by atoms with van der Waals surface area (Å²) in [4.78, 5) is 35.1. The molecule has 0 saturated heterocycles. The molecule has 2 aromatic rings. The molecule has 0 aromatic heterocycles. The van der Waals surface area contributed by atoms with E-state index in [9.17, 15) is 18.8 Å². The van der Waals surface area contributed by atoms with Crippen molar-refractivity contribution in [3.8, 4) is 5.75 Å². The molecule has 0 fully saturated rings. The highest BCUT2D eigenvalue weighted by molar-refractivity contribution is 6.01. The SMILES string of the molecule is COC(=O)c1ccccc1NC(=O)COC(=O)COc1cccc(F)c1. The van der Waals surface area contributed by atoms with Crippen molar-refractivity contribution < 1.29 is 33.0 Å². The Balaban J connectivity index is 1.81. The first-order valence-corrected chi connectivity index (χ1v) is 7.51. The Morgan fingerprint density at radius 1 is 1.04 bits per heavy atom. The van der Waals surface area contributed by atoms with Gasteiger partial charge >= 0.3 is 11.9 Å². The average molecular weight is 361 g/mol. The molecule has 0 aliphatic carbocycles. The molecule has 26 heavy (non-hydrogen) atoms. The zero-order valence-corrected chi connectivity index (χ0v) is 13.9. The van der Waals surface area contributed by atoms with E-state index in [-0.39, 0.29) is 17.0 Å². The number of para-hydroxylation sites is 1. The molecule has 0 aliphatic rings. The molecule has 136 valence electrons. The molecule has 0 spiro atoms. The predicted molar refractivity (Wildman–Crippen MR) is 89.3 cm³/mol. The Morgan fingerprint density at radius 3 is 2.54 bits per heavy atom. The molecule has 1 N–H and O–H groups in total. The highest BCUT2D eigenvalue weighted by Crippen LogP contribution is 2.16. The molecule has 0 aliphatic heterocycles. The summed E-state index contributed by atoms with van der Waals surface area (Å²) < 4.78 is 27.4. The van der Waals surface area contributed by atoms with Gasteiger partial charge in [0.2, 0.25) is 0 Å². The Labute approximate surface area is 148 Å². The van der Waals surface area contributed by atoms with Crippen molar-refractivity contribution in [3.05, 3.63) is 59.9 Å². The van der Waals surface area contributed by atoms with Crippen molar-refractivity contribution in [2.24, 2.45) is 0 Å². The van der Waals surface area contributed by atoms with Crippen LogP contribution in [0.1, 0.15) is 10.4 Å². The fraction of sp³-hybridized carbons (Fsp3) is 0.167. The monoisotopic (exact) mass is 361 g/mol. The minimum absolute atomic E-state index is 0.165. The van der Waals surface area contributed by atoms with Crippen LogP contribution in [0.5, 0.6) is 5.75 Å². The first-order chi connectivity index (χ1) is 12.5. The topological polar surface area (TPSA) is 90.9 Å². The lowest BCUT2D eigenvalue weighted by Crippen LogP contribution is -2.24. The van der Waals surface area contributed by atoms with Gasteiger partial charge in [0, 0.05) is 6.07 Å². The summed E-state index contributed by atoms with van der Waals surface area (Å²) in [6, 6.07) is 11.5. The molecule has 0 bridgehead atoms. The zero-order valence-electron chi connectivity index (χ0n) is 13.9. The zero-order chi connectivity index (χ0) is 18.9. The van der Waals surface area contributed by atoms with Gasteiger partial charge in [-0.05, 0) is 24.3 Å². The first-order valence-electron chi connectivity index (χ1n) is 7.51. The van der Waals surface area contributed by atoms with Crippen molar-refractivity contribution in [2.75, 3.05) is 25.6 Å². The van der Waals surface area contributed by atoms with Gasteiger partial charge in [-0.1, -0.05) is 18.2 Å². The summed E-state index contributed by atoms with van der Waals surface area (Å²) in [6.07, 6.45) is 0. The molecule has 1 amide bonds. The van der Waals surface area contributed by atoms with Crippen LogP contribution in [-0.2, 0) is 19.1 Å². The number of rotatable bonds is 7. The summed E-state index contributed by atoms with van der Waals surface area (Å²) in [5.74, 6) is -2.38. The minimum atomic E-state index is -0.800. The second kappa shape index (κ2) is 9.16. The summed E-state index contributed by atoms with van der Waals surface area (Å²) in [5, 5.41) is 2.45.